The Morgan fingerprint density at radius 1 is 1.78 bits per heavy atom. The predicted octanol–water partition coefficient (Wildman–Crippen LogP) is 1.02. The highest BCUT2D eigenvalue weighted by molar-refractivity contribution is 4.72. The molecule has 0 bridgehead atoms. The molecule has 1 aliphatic rings. The normalized spacial score (nSPS) is 27.0. The van der Waals surface area contributed by atoms with Crippen molar-refractivity contribution in [2.45, 2.75) is 25.8 Å². The Bertz CT molecular complexity index is 74.0. The lowest BCUT2D eigenvalue weighted by atomic mass is 10.2. The fourth-order valence-electron chi connectivity index (χ4n) is 1.16. The molecule has 0 amide bonds. The van der Waals surface area contributed by atoms with E-state index in [1.54, 1.807) is 0 Å². The summed E-state index contributed by atoms with van der Waals surface area (Å²) in [6, 6.07) is 0.643. The van der Waals surface area contributed by atoms with Gasteiger partial charge in [-0.2, -0.15) is 0 Å². The Morgan fingerprint density at radius 2 is 2.67 bits per heavy atom. The van der Waals surface area contributed by atoms with E-state index in [0.717, 1.165) is 13.2 Å². The standard InChI is InChI=1S/C7H15NO.H2/c1-2-9-6-7-4-3-5-8-7;/h7-8H,2-6H2,1H3;1H. The maximum atomic E-state index is 5.25. The number of hydrogen-bond donors (Lipinski definition) is 1. The van der Waals surface area contributed by atoms with E-state index >= 15 is 0 Å². The average molecular weight is 131 g/mol. The summed E-state index contributed by atoms with van der Waals surface area (Å²) < 4.78 is 5.25. The fourth-order valence-corrected chi connectivity index (χ4v) is 1.16. The van der Waals surface area contributed by atoms with E-state index in [0.29, 0.717) is 6.04 Å². The van der Waals surface area contributed by atoms with E-state index in [-0.39, 0.29) is 1.43 Å². The molecule has 56 valence electrons. The first-order chi connectivity index (χ1) is 4.43. The van der Waals surface area contributed by atoms with Crippen LogP contribution in [0.1, 0.15) is 21.2 Å². The van der Waals surface area contributed by atoms with Gasteiger partial charge in [-0.15, -0.1) is 0 Å². The minimum Gasteiger partial charge on any atom is -0.380 e. The van der Waals surface area contributed by atoms with Crippen molar-refractivity contribution >= 4 is 0 Å². The maximum absolute atomic E-state index is 5.25. The summed E-state index contributed by atoms with van der Waals surface area (Å²) in [7, 11) is 0. The van der Waals surface area contributed by atoms with Crippen molar-refractivity contribution < 1.29 is 6.16 Å². The number of rotatable bonds is 3. The highest BCUT2D eigenvalue weighted by Crippen LogP contribution is 2.04. The van der Waals surface area contributed by atoms with Gasteiger partial charge in [-0.1, -0.05) is 0 Å². The Kier molecular flexibility index (Phi) is 3.01. The smallest absolute Gasteiger partial charge is 0.0619 e. The molecule has 0 aromatic rings. The summed E-state index contributed by atoms with van der Waals surface area (Å²) in [5.41, 5.74) is 0. The van der Waals surface area contributed by atoms with E-state index in [1.165, 1.54) is 19.4 Å². The second-order valence-electron chi connectivity index (χ2n) is 2.45. The summed E-state index contributed by atoms with van der Waals surface area (Å²) in [6.45, 7) is 4.96. The highest BCUT2D eigenvalue weighted by Gasteiger charge is 2.12. The molecule has 2 heteroatoms. The van der Waals surface area contributed by atoms with Crippen LogP contribution in [0.3, 0.4) is 0 Å². The number of hydrogen-bond acceptors (Lipinski definition) is 2. The van der Waals surface area contributed by atoms with E-state index in [2.05, 4.69) is 5.32 Å². The van der Waals surface area contributed by atoms with Crippen LogP contribution < -0.4 is 5.32 Å². The van der Waals surface area contributed by atoms with Crippen molar-refractivity contribution in [1.82, 2.24) is 5.32 Å². The van der Waals surface area contributed by atoms with E-state index in [4.69, 9.17) is 4.74 Å². The van der Waals surface area contributed by atoms with Gasteiger partial charge in [0.05, 0.1) is 6.61 Å². The second-order valence-corrected chi connectivity index (χ2v) is 2.45. The molecule has 1 unspecified atom stereocenters. The first-order valence-corrected chi connectivity index (χ1v) is 3.74. The van der Waals surface area contributed by atoms with Gasteiger partial charge < -0.3 is 10.1 Å². The summed E-state index contributed by atoms with van der Waals surface area (Å²) in [5, 5.41) is 3.37. The third kappa shape index (κ3) is 2.33. The average Bonchev–Trinajstić information content (AvgIpc) is 2.34. The van der Waals surface area contributed by atoms with E-state index in [9.17, 15) is 0 Å². The van der Waals surface area contributed by atoms with Gasteiger partial charge in [-0.25, -0.2) is 0 Å². The zero-order valence-corrected chi connectivity index (χ0v) is 6.02. The van der Waals surface area contributed by atoms with Crippen molar-refractivity contribution in [3.05, 3.63) is 0 Å². The minimum atomic E-state index is 0. The quantitative estimate of drug-likeness (QED) is 0.617. The minimum absolute atomic E-state index is 0. The number of nitrogens with one attached hydrogen (secondary N) is 1. The van der Waals surface area contributed by atoms with Gasteiger partial charge in [0.1, 0.15) is 0 Å². The molecule has 1 atom stereocenters. The van der Waals surface area contributed by atoms with Gasteiger partial charge in [-0.05, 0) is 26.3 Å². The van der Waals surface area contributed by atoms with Crippen LogP contribution in [-0.2, 0) is 4.74 Å². The molecule has 1 saturated heterocycles. The molecule has 0 saturated carbocycles. The van der Waals surface area contributed by atoms with Crippen LogP contribution in [0.15, 0.2) is 0 Å². The highest BCUT2D eigenvalue weighted by atomic mass is 16.5. The van der Waals surface area contributed by atoms with E-state index < -0.39 is 0 Å². The molecule has 9 heavy (non-hydrogen) atoms. The Morgan fingerprint density at radius 3 is 3.22 bits per heavy atom. The van der Waals surface area contributed by atoms with Crippen LogP contribution >= 0.6 is 0 Å². The van der Waals surface area contributed by atoms with Crippen molar-refractivity contribution in [3.8, 4) is 0 Å². The third-order valence-electron chi connectivity index (χ3n) is 1.69. The largest absolute Gasteiger partial charge is 0.380 e. The molecule has 0 spiro atoms. The van der Waals surface area contributed by atoms with Gasteiger partial charge in [0.2, 0.25) is 0 Å². The molecule has 1 rings (SSSR count). The maximum Gasteiger partial charge on any atom is 0.0619 e. The van der Waals surface area contributed by atoms with Gasteiger partial charge >= 0.3 is 0 Å². The summed E-state index contributed by atoms with van der Waals surface area (Å²) in [6.07, 6.45) is 2.61. The van der Waals surface area contributed by atoms with Crippen molar-refractivity contribution in [2.75, 3.05) is 19.8 Å². The third-order valence-corrected chi connectivity index (χ3v) is 1.69. The van der Waals surface area contributed by atoms with E-state index in [1.807, 2.05) is 6.92 Å². The van der Waals surface area contributed by atoms with Crippen LogP contribution in [0.25, 0.3) is 0 Å². The van der Waals surface area contributed by atoms with Crippen LogP contribution in [0.2, 0.25) is 0 Å². The van der Waals surface area contributed by atoms with Gasteiger partial charge in [0, 0.05) is 14.1 Å². The SMILES string of the molecule is CCOCC1CCCN1.[HH]. The first kappa shape index (κ1) is 7.03. The topological polar surface area (TPSA) is 21.3 Å². The van der Waals surface area contributed by atoms with Crippen LogP contribution in [0.4, 0.5) is 0 Å². The Balaban J connectivity index is 0.000000810. The molecule has 0 radical (unpaired) electrons. The molecule has 0 aliphatic carbocycles. The van der Waals surface area contributed by atoms with Crippen molar-refractivity contribution in [3.63, 3.8) is 0 Å². The van der Waals surface area contributed by atoms with Crippen LogP contribution in [0, 0.1) is 0 Å². The molecule has 1 N–H and O–H groups in total. The lowest BCUT2D eigenvalue weighted by Crippen LogP contribution is -2.26. The lowest BCUT2D eigenvalue weighted by Gasteiger charge is -2.08. The first-order valence-electron chi connectivity index (χ1n) is 3.74. The molecule has 1 fully saturated rings. The molecular weight excluding hydrogens is 114 g/mol. The molecule has 0 aromatic heterocycles. The second kappa shape index (κ2) is 3.85. The zero-order chi connectivity index (χ0) is 6.53. The van der Waals surface area contributed by atoms with Gasteiger partial charge in [0.15, 0.2) is 0 Å². The molecule has 1 heterocycles. The summed E-state index contributed by atoms with van der Waals surface area (Å²) in [5.74, 6) is 0. The van der Waals surface area contributed by atoms with Crippen molar-refractivity contribution in [2.24, 2.45) is 0 Å². The Hall–Kier alpha value is -0.0800. The predicted molar refractivity (Wildman–Crippen MR) is 39.6 cm³/mol. The van der Waals surface area contributed by atoms with Crippen LogP contribution in [-0.4, -0.2) is 25.8 Å². The molecule has 1 aliphatic heterocycles. The fraction of sp³-hybridized carbons (Fsp3) is 1.00. The monoisotopic (exact) mass is 131 g/mol. The molecule has 0 aromatic carbocycles. The Labute approximate surface area is 58.1 Å². The van der Waals surface area contributed by atoms with Crippen molar-refractivity contribution in [1.29, 1.82) is 0 Å². The summed E-state index contributed by atoms with van der Waals surface area (Å²) in [4.78, 5) is 0. The molecular formula is C7H17NO. The van der Waals surface area contributed by atoms with Gasteiger partial charge in [0.25, 0.3) is 0 Å². The van der Waals surface area contributed by atoms with Gasteiger partial charge in [-0.3, -0.25) is 0 Å². The lowest BCUT2D eigenvalue weighted by molar-refractivity contribution is 0.128. The molecule has 2 nitrogen and oxygen atoms in total. The number of ether oxygens (including phenoxy) is 1. The summed E-state index contributed by atoms with van der Waals surface area (Å²) >= 11 is 0. The zero-order valence-electron chi connectivity index (χ0n) is 6.02. The van der Waals surface area contributed by atoms with Crippen LogP contribution in [0.5, 0.6) is 0 Å².